The van der Waals surface area contributed by atoms with Crippen molar-refractivity contribution in [2.75, 3.05) is 0 Å². The van der Waals surface area contributed by atoms with Crippen LogP contribution in [0.1, 0.15) is 0 Å². The highest BCUT2D eigenvalue weighted by Crippen LogP contribution is 2.39. The van der Waals surface area contributed by atoms with E-state index in [-0.39, 0.29) is 0 Å². The van der Waals surface area contributed by atoms with Gasteiger partial charge in [0, 0.05) is 68.8 Å². The van der Waals surface area contributed by atoms with E-state index >= 15 is 0 Å². The third-order valence-electron chi connectivity index (χ3n) is 9.88. The standard InChI is InChI=1S/C46H30N4/c1-3-17-43-39(15-1)41-27-33(19-21-45(41)49(43)37-13-5-9-31(25-37)35-11-7-23-47-29-35)34-20-22-46-42(28-34)40-16-2-4-18-44(40)50(46)38-14-6-10-32(26-38)36-12-8-24-48-30-36/h1-30H. The topological polar surface area (TPSA) is 35.6 Å². The number of fused-ring (bicyclic) bond motifs is 6. The lowest BCUT2D eigenvalue weighted by Crippen LogP contribution is -1.94. The molecule has 4 heterocycles. The van der Waals surface area contributed by atoms with Gasteiger partial charge in [0.25, 0.3) is 0 Å². The number of para-hydroxylation sites is 2. The molecule has 0 saturated carbocycles. The van der Waals surface area contributed by atoms with Gasteiger partial charge >= 0.3 is 0 Å². The van der Waals surface area contributed by atoms with Crippen molar-refractivity contribution in [3.63, 3.8) is 0 Å². The number of pyridine rings is 2. The molecule has 4 nitrogen and oxygen atoms in total. The second kappa shape index (κ2) is 11.4. The summed E-state index contributed by atoms with van der Waals surface area (Å²) in [6, 6.07) is 56.9. The third-order valence-corrected chi connectivity index (χ3v) is 9.88. The van der Waals surface area contributed by atoms with E-state index in [1.165, 1.54) is 54.7 Å². The van der Waals surface area contributed by atoms with E-state index in [0.29, 0.717) is 0 Å². The lowest BCUT2D eigenvalue weighted by molar-refractivity contribution is 1.18. The van der Waals surface area contributed by atoms with Crippen LogP contribution in [-0.4, -0.2) is 19.1 Å². The first-order chi connectivity index (χ1) is 24.8. The van der Waals surface area contributed by atoms with E-state index in [4.69, 9.17) is 0 Å². The maximum Gasteiger partial charge on any atom is 0.0541 e. The van der Waals surface area contributed by atoms with Crippen molar-refractivity contribution in [1.82, 2.24) is 19.1 Å². The normalized spacial score (nSPS) is 11.6. The number of nitrogens with zero attached hydrogens (tertiary/aromatic N) is 4. The molecule has 10 rings (SSSR count). The lowest BCUT2D eigenvalue weighted by atomic mass is 10.0. The van der Waals surface area contributed by atoms with Crippen molar-refractivity contribution in [3.05, 3.63) is 183 Å². The van der Waals surface area contributed by atoms with E-state index in [9.17, 15) is 0 Å². The van der Waals surface area contributed by atoms with E-state index in [2.05, 4.69) is 165 Å². The van der Waals surface area contributed by atoms with Gasteiger partial charge in [0.05, 0.1) is 22.1 Å². The maximum atomic E-state index is 4.35. The molecule has 0 amide bonds. The molecule has 0 saturated heterocycles. The summed E-state index contributed by atoms with van der Waals surface area (Å²) < 4.78 is 4.76. The average Bonchev–Trinajstić information content (AvgIpc) is 3.71. The lowest BCUT2D eigenvalue weighted by Gasteiger charge is -2.11. The van der Waals surface area contributed by atoms with Crippen LogP contribution in [0.25, 0.3) is 88.4 Å². The molecule has 4 aromatic heterocycles. The van der Waals surface area contributed by atoms with Gasteiger partial charge in [0.2, 0.25) is 0 Å². The van der Waals surface area contributed by atoms with Gasteiger partial charge in [0.15, 0.2) is 0 Å². The molecule has 0 aliphatic carbocycles. The third kappa shape index (κ3) is 4.54. The summed E-state index contributed by atoms with van der Waals surface area (Å²) >= 11 is 0. The molecular weight excluding hydrogens is 609 g/mol. The molecule has 6 aromatic carbocycles. The Bertz CT molecular complexity index is 2670. The highest BCUT2D eigenvalue weighted by Gasteiger charge is 2.16. The van der Waals surface area contributed by atoms with Gasteiger partial charge in [0.1, 0.15) is 0 Å². The molecule has 0 spiro atoms. The van der Waals surface area contributed by atoms with Crippen LogP contribution in [0, 0.1) is 0 Å². The fraction of sp³-hybridized carbons (Fsp3) is 0. The van der Waals surface area contributed by atoms with Crippen molar-refractivity contribution < 1.29 is 0 Å². The predicted octanol–water partition coefficient (Wildman–Crippen LogP) is 11.7. The number of rotatable bonds is 5. The average molecular weight is 639 g/mol. The van der Waals surface area contributed by atoms with Crippen molar-refractivity contribution in [1.29, 1.82) is 0 Å². The van der Waals surface area contributed by atoms with E-state index in [1.807, 2.05) is 36.9 Å². The Morgan fingerprint density at radius 2 is 0.720 bits per heavy atom. The van der Waals surface area contributed by atoms with Gasteiger partial charge in [-0.2, -0.15) is 0 Å². The Labute approximate surface area is 289 Å². The fourth-order valence-corrected chi connectivity index (χ4v) is 7.58. The Morgan fingerprint density at radius 3 is 1.18 bits per heavy atom. The molecule has 234 valence electrons. The summed E-state index contributed by atoms with van der Waals surface area (Å²) in [6.07, 6.45) is 7.48. The van der Waals surface area contributed by atoms with Crippen LogP contribution >= 0.6 is 0 Å². The smallest absolute Gasteiger partial charge is 0.0541 e. The zero-order chi connectivity index (χ0) is 33.0. The number of benzene rings is 6. The van der Waals surface area contributed by atoms with Crippen molar-refractivity contribution in [2.45, 2.75) is 0 Å². The molecule has 4 heteroatoms. The highest BCUT2D eigenvalue weighted by molar-refractivity contribution is 6.12. The van der Waals surface area contributed by atoms with Crippen molar-refractivity contribution >= 4 is 43.6 Å². The van der Waals surface area contributed by atoms with E-state index in [1.54, 1.807) is 0 Å². The van der Waals surface area contributed by atoms with Crippen LogP contribution in [0.4, 0.5) is 0 Å². The monoisotopic (exact) mass is 638 g/mol. The molecule has 0 aliphatic rings. The molecule has 50 heavy (non-hydrogen) atoms. The van der Waals surface area contributed by atoms with Gasteiger partial charge in [-0.15, -0.1) is 0 Å². The highest BCUT2D eigenvalue weighted by atomic mass is 15.0. The summed E-state index contributed by atoms with van der Waals surface area (Å²) in [5.74, 6) is 0. The summed E-state index contributed by atoms with van der Waals surface area (Å²) in [5.41, 5.74) is 13.9. The largest absolute Gasteiger partial charge is 0.309 e. The first-order valence-corrected chi connectivity index (χ1v) is 16.9. The van der Waals surface area contributed by atoms with Crippen LogP contribution < -0.4 is 0 Å². The number of hydrogen-bond acceptors (Lipinski definition) is 2. The zero-order valence-corrected chi connectivity index (χ0v) is 27.1. The van der Waals surface area contributed by atoms with Gasteiger partial charge < -0.3 is 9.13 Å². The minimum absolute atomic E-state index is 1.11. The Kier molecular flexibility index (Phi) is 6.46. The van der Waals surface area contributed by atoms with Crippen molar-refractivity contribution in [2.24, 2.45) is 0 Å². The molecule has 0 N–H and O–H groups in total. The fourth-order valence-electron chi connectivity index (χ4n) is 7.58. The second-order valence-corrected chi connectivity index (χ2v) is 12.8. The van der Waals surface area contributed by atoms with Gasteiger partial charge in [-0.25, -0.2) is 0 Å². The summed E-state index contributed by atoms with van der Waals surface area (Å²) in [7, 11) is 0. The Hall–Kier alpha value is -6.78. The molecule has 10 aromatic rings. The predicted molar refractivity (Wildman–Crippen MR) is 207 cm³/mol. The number of aromatic nitrogens is 4. The van der Waals surface area contributed by atoms with E-state index in [0.717, 1.165) is 33.6 Å². The Morgan fingerprint density at radius 1 is 0.300 bits per heavy atom. The molecule has 0 aliphatic heterocycles. The SMILES string of the molecule is c1cncc(-c2cccc(-n3c4ccccc4c4cc(-c5ccc6c(c5)c5ccccc5n6-c5cccc(-c6cccnc6)c5)ccc43)c2)c1. The Balaban J connectivity index is 1.12. The van der Waals surface area contributed by atoms with Gasteiger partial charge in [-0.3, -0.25) is 9.97 Å². The molecule has 0 unspecified atom stereocenters. The number of hydrogen-bond donors (Lipinski definition) is 0. The summed E-state index contributed by atoms with van der Waals surface area (Å²) in [4.78, 5) is 8.70. The van der Waals surface area contributed by atoms with Crippen LogP contribution in [0.15, 0.2) is 183 Å². The van der Waals surface area contributed by atoms with Gasteiger partial charge in [-0.1, -0.05) is 84.9 Å². The summed E-state index contributed by atoms with van der Waals surface area (Å²) in [6.45, 7) is 0. The molecule has 0 radical (unpaired) electrons. The van der Waals surface area contributed by atoms with Crippen LogP contribution in [0.3, 0.4) is 0 Å². The minimum atomic E-state index is 1.11. The molecule has 0 atom stereocenters. The van der Waals surface area contributed by atoms with Crippen LogP contribution in [-0.2, 0) is 0 Å². The van der Waals surface area contributed by atoms with E-state index < -0.39 is 0 Å². The van der Waals surface area contributed by atoms with Gasteiger partial charge in [-0.05, 0) is 95.1 Å². The van der Waals surface area contributed by atoms with Crippen LogP contribution in [0.2, 0.25) is 0 Å². The maximum absolute atomic E-state index is 4.35. The minimum Gasteiger partial charge on any atom is -0.309 e. The quantitative estimate of drug-likeness (QED) is 0.188. The van der Waals surface area contributed by atoms with Crippen LogP contribution in [0.5, 0.6) is 0 Å². The zero-order valence-electron chi connectivity index (χ0n) is 27.1. The molecule has 0 bridgehead atoms. The first-order valence-electron chi connectivity index (χ1n) is 16.9. The summed E-state index contributed by atoms with van der Waals surface area (Å²) in [5, 5.41) is 4.95. The molecule has 0 fully saturated rings. The second-order valence-electron chi connectivity index (χ2n) is 12.8. The van der Waals surface area contributed by atoms with Crippen molar-refractivity contribution in [3.8, 4) is 44.8 Å². The first kappa shape index (κ1) is 28.3. The molecular formula is C46H30N4.